The summed E-state index contributed by atoms with van der Waals surface area (Å²) < 4.78 is 0. The molecule has 2 N–H and O–H groups in total. The van der Waals surface area contributed by atoms with Crippen LogP contribution in [0.15, 0.2) is 0 Å². The van der Waals surface area contributed by atoms with E-state index in [0.717, 1.165) is 25.3 Å². The number of nitrogens with two attached hydrogens (primary N) is 1. The predicted octanol–water partition coefficient (Wildman–Crippen LogP) is 2.54. The van der Waals surface area contributed by atoms with Crippen LogP contribution in [0, 0.1) is 11.8 Å². The summed E-state index contributed by atoms with van der Waals surface area (Å²) in [5.41, 5.74) is 6.10. The van der Waals surface area contributed by atoms with Gasteiger partial charge in [-0.15, -0.1) is 0 Å². The lowest BCUT2D eigenvalue weighted by Crippen LogP contribution is -2.45. The Kier molecular flexibility index (Phi) is 5.04. The standard InChI is InChI=1S/C15H28N2O/c1-17(11-12-7-3-2-4-8-12)15(18)13-9-5-6-10-14(13)16/h12-14H,2-11,16H2,1H3. The van der Waals surface area contributed by atoms with Gasteiger partial charge in [-0.05, 0) is 31.6 Å². The van der Waals surface area contributed by atoms with Crippen molar-refractivity contribution in [2.45, 2.75) is 63.8 Å². The van der Waals surface area contributed by atoms with Crippen molar-refractivity contribution in [1.29, 1.82) is 0 Å². The van der Waals surface area contributed by atoms with Crippen molar-refractivity contribution in [3.8, 4) is 0 Å². The maximum Gasteiger partial charge on any atom is 0.226 e. The minimum Gasteiger partial charge on any atom is -0.345 e. The van der Waals surface area contributed by atoms with Gasteiger partial charge in [0.2, 0.25) is 5.91 Å². The van der Waals surface area contributed by atoms with Crippen LogP contribution in [0.4, 0.5) is 0 Å². The molecule has 3 nitrogen and oxygen atoms in total. The average Bonchev–Trinajstić information content (AvgIpc) is 2.39. The van der Waals surface area contributed by atoms with Gasteiger partial charge >= 0.3 is 0 Å². The molecule has 2 aliphatic carbocycles. The Morgan fingerprint density at radius 1 is 1.06 bits per heavy atom. The monoisotopic (exact) mass is 252 g/mol. The first-order valence-corrected chi connectivity index (χ1v) is 7.69. The van der Waals surface area contributed by atoms with Crippen LogP contribution in [0.2, 0.25) is 0 Å². The number of carbonyl (C=O) groups excluding carboxylic acids is 1. The number of rotatable bonds is 3. The number of carbonyl (C=O) groups is 1. The molecule has 0 aliphatic heterocycles. The van der Waals surface area contributed by atoms with Gasteiger partial charge < -0.3 is 10.6 Å². The molecular weight excluding hydrogens is 224 g/mol. The first-order chi connectivity index (χ1) is 8.68. The quantitative estimate of drug-likeness (QED) is 0.839. The number of hydrogen-bond donors (Lipinski definition) is 1. The topological polar surface area (TPSA) is 46.3 Å². The second kappa shape index (κ2) is 6.55. The molecule has 2 fully saturated rings. The minimum absolute atomic E-state index is 0.0901. The van der Waals surface area contributed by atoms with Crippen molar-refractivity contribution in [3.63, 3.8) is 0 Å². The van der Waals surface area contributed by atoms with E-state index in [9.17, 15) is 4.79 Å². The van der Waals surface area contributed by atoms with Crippen molar-refractivity contribution >= 4 is 5.91 Å². The predicted molar refractivity (Wildman–Crippen MR) is 74.1 cm³/mol. The molecule has 2 atom stereocenters. The molecule has 2 rings (SSSR count). The third-order valence-electron chi connectivity index (χ3n) is 4.77. The fourth-order valence-electron chi connectivity index (χ4n) is 3.60. The lowest BCUT2D eigenvalue weighted by molar-refractivity contribution is -0.136. The van der Waals surface area contributed by atoms with Crippen LogP contribution in [-0.4, -0.2) is 30.4 Å². The van der Waals surface area contributed by atoms with E-state index >= 15 is 0 Å². The number of hydrogen-bond acceptors (Lipinski definition) is 2. The minimum atomic E-state index is 0.0901. The van der Waals surface area contributed by atoms with Gasteiger partial charge in [0, 0.05) is 19.6 Å². The molecule has 0 saturated heterocycles. The smallest absolute Gasteiger partial charge is 0.226 e. The Morgan fingerprint density at radius 2 is 1.67 bits per heavy atom. The van der Waals surface area contributed by atoms with Gasteiger partial charge in [0.05, 0.1) is 5.92 Å². The summed E-state index contributed by atoms with van der Waals surface area (Å²) >= 11 is 0. The van der Waals surface area contributed by atoms with Crippen molar-refractivity contribution in [2.24, 2.45) is 17.6 Å². The van der Waals surface area contributed by atoms with Crippen LogP contribution in [0.5, 0.6) is 0 Å². The highest BCUT2D eigenvalue weighted by Gasteiger charge is 2.31. The number of amides is 1. The van der Waals surface area contributed by atoms with Gasteiger partial charge in [-0.2, -0.15) is 0 Å². The molecule has 0 aromatic heterocycles. The summed E-state index contributed by atoms with van der Waals surface area (Å²) in [6.45, 7) is 0.946. The molecule has 104 valence electrons. The molecule has 2 aliphatic rings. The lowest BCUT2D eigenvalue weighted by atomic mass is 9.83. The maximum absolute atomic E-state index is 12.4. The van der Waals surface area contributed by atoms with Gasteiger partial charge in [0.15, 0.2) is 0 Å². The van der Waals surface area contributed by atoms with Gasteiger partial charge in [-0.1, -0.05) is 32.1 Å². The summed E-state index contributed by atoms with van der Waals surface area (Å²) in [4.78, 5) is 14.4. The summed E-state index contributed by atoms with van der Waals surface area (Å²) in [5.74, 6) is 1.12. The number of nitrogens with zero attached hydrogens (tertiary/aromatic N) is 1. The Labute approximate surface area is 111 Å². The maximum atomic E-state index is 12.4. The SMILES string of the molecule is CN(CC1CCCCC1)C(=O)C1CCCCC1N. The molecule has 0 radical (unpaired) electrons. The normalized spacial score (nSPS) is 30.1. The van der Waals surface area contributed by atoms with Crippen molar-refractivity contribution in [3.05, 3.63) is 0 Å². The zero-order chi connectivity index (χ0) is 13.0. The lowest BCUT2D eigenvalue weighted by Gasteiger charge is -2.33. The van der Waals surface area contributed by atoms with E-state index in [4.69, 9.17) is 5.73 Å². The molecular formula is C15H28N2O. The largest absolute Gasteiger partial charge is 0.345 e. The van der Waals surface area contributed by atoms with Crippen molar-refractivity contribution in [2.75, 3.05) is 13.6 Å². The van der Waals surface area contributed by atoms with Gasteiger partial charge in [-0.25, -0.2) is 0 Å². The van der Waals surface area contributed by atoms with E-state index in [1.165, 1.54) is 44.9 Å². The Morgan fingerprint density at radius 3 is 2.33 bits per heavy atom. The van der Waals surface area contributed by atoms with E-state index in [2.05, 4.69) is 0 Å². The Hall–Kier alpha value is -0.570. The second-order valence-corrected chi connectivity index (χ2v) is 6.28. The zero-order valence-electron chi connectivity index (χ0n) is 11.7. The van der Waals surface area contributed by atoms with Crippen LogP contribution >= 0.6 is 0 Å². The summed E-state index contributed by atoms with van der Waals surface area (Å²) in [7, 11) is 1.97. The molecule has 2 saturated carbocycles. The van der Waals surface area contributed by atoms with E-state index < -0.39 is 0 Å². The van der Waals surface area contributed by atoms with Gasteiger partial charge in [0.1, 0.15) is 0 Å². The van der Waals surface area contributed by atoms with E-state index in [1.807, 2.05) is 11.9 Å². The van der Waals surface area contributed by atoms with Crippen LogP contribution in [0.25, 0.3) is 0 Å². The highest BCUT2D eigenvalue weighted by Crippen LogP contribution is 2.27. The van der Waals surface area contributed by atoms with E-state index in [-0.39, 0.29) is 12.0 Å². The first-order valence-electron chi connectivity index (χ1n) is 7.69. The Balaban J connectivity index is 1.83. The third kappa shape index (κ3) is 3.47. The van der Waals surface area contributed by atoms with E-state index in [0.29, 0.717) is 5.91 Å². The fourth-order valence-corrected chi connectivity index (χ4v) is 3.60. The van der Waals surface area contributed by atoms with Crippen LogP contribution in [0.3, 0.4) is 0 Å². The second-order valence-electron chi connectivity index (χ2n) is 6.28. The van der Waals surface area contributed by atoms with Crippen molar-refractivity contribution < 1.29 is 4.79 Å². The fraction of sp³-hybridized carbons (Fsp3) is 0.933. The summed E-state index contributed by atoms with van der Waals surface area (Å²) in [6, 6.07) is 0.0973. The van der Waals surface area contributed by atoms with Crippen LogP contribution in [0.1, 0.15) is 57.8 Å². The molecule has 0 spiro atoms. The molecule has 3 heteroatoms. The highest BCUT2D eigenvalue weighted by atomic mass is 16.2. The highest BCUT2D eigenvalue weighted by molar-refractivity contribution is 5.79. The molecule has 0 heterocycles. The van der Waals surface area contributed by atoms with Gasteiger partial charge in [-0.3, -0.25) is 4.79 Å². The Bertz CT molecular complexity index is 274. The molecule has 18 heavy (non-hydrogen) atoms. The molecule has 0 aromatic rings. The molecule has 2 unspecified atom stereocenters. The van der Waals surface area contributed by atoms with Gasteiger partial charge in [0.25, 0.3) is 0 Å². The van der Waals surface area contributed by atoms with Crippen molar-refractivity contribution in [1.82, 2.24) is 4.90 Å². The zero-order valence-corrected chi connectivity index (χ0v) is 11.7. The van der Waals surface area contributed by atoms with E-state index in [1.54, 1.807) is 0 Å². The summed E-state index contributed by atoms with van der Waals surface area (Å²) in [6.07, 6.45) is 11.0. The first kappa shape index (κ1) is 13.9. The molecule has 0 bridgehead atoms. The molecule has 0 aromatic carbocycles. The molecule has 1 amide bonds. The van der Waals surface area contributed by atoms with Crippen LogP contribution < -0.4 is 5.73 Å². The average molecular weight is 252 g/mol. The summed E-state index contributed by atoms with van der Waals surface area (Å²) in [5, 5.41) is 0. The van der Waals surface area contributed by atoms with Crippen LogP contribution in [-0.2, 0) is 4.79 Å². The third-order valence-corrected chi connectivity index (χ3v) is 4.77.